The first kappa shape index (κ1) is 15.8. The number of carbonyl (C=O) groups excluding carboxylic acids is 1. The van der Waals surface area contributed by atoms with Gasteiger partial charge in [-0.15, -0.1) is 0 Å². The summed E-state index contributed by atoms with van der Waals surface area (Å²) in [5.41, 5.74) is 1.16. The Labute approximate surface area is 148 Å². The van der Waals surface area contributed by atoms with Crippen molar-refractivity contribution >= 4 is 22.5 Å². The molecule has 0 saturated carbocycles. The maximum absolute atomic E-state index is 12.6. The van der Waals surface area contributed by atoms with Gasteiger partial charge in [-0.25, -0.2) is 9.97 Å². The molecule has 7 nitrogen and oxygen atoms in total. The first-order valence-electron chi connectivity index (χ1n) is 8.01. The Morgan fingerprint density at radius 3 is 2.73 bits per heavy atom. The Morgan fingerprint density at radius 2 is 2.00 bits per heavy atom. The lowest BCUT2D eigenvalue weighted by molar-refractivity contribution is 0.102. The first-order valence-corrected chi connectivity index (χ1v) is 8.01. The van der Waals surface area contributed by atoms with Crippen molar-refractivity contribution in [2.75, 3.05) is 5.32 Å². The number of para-hydroxylation sites is 1. The Bertz CT molecular complexity index is 1160. The van der Waals surface area contributed by atoms with Crippen LogP contribution in [0, 0.1) is 6.92 Å². The van der Waals surface area contributed by atoms with Crippen LogP contribution in [0.1, 0.15) is 16.2 Å². The van der Waals surface area contributed by atoms with E-state index in [1.54, 1.807) is 42.7 Å². The molecule has 0 bridgehead atoms. The maximum Gasteiger partial charge on any atom is 0.256 e. The van der Waals surface area contributed by atoms with Crippen LogP contribution in [-0.4, -0.2) is 25.4 Å². The molecule has 1 amide bonds. The number of nitrogens with one attached hydrogen (secondary N) is 2. The molecule has 0 radical (unpaired) electrons. The van der Waals surface area contributed by atoms with E-state index in [4.69, 9.17) is 0 Å². The summed E-state index contributed by atoms with van der Waals surface area (Å²) in [7, 11) is 0. The number of anilines is 1. The third kappa shape index (κ3) is 2.86. The van der Waals surface area contributed by atoms with Gasteiger partial charge < -0.3 is 10.3 Å². The summed E-state index contributed by atoms with van der Waals surface area (Å²) in [5.74, 6) is 1.17. The quantitative estimate of drug-likeness (QED) is 0.597. The van der Waals surface area contributed by atoms with Crippen molar-refractivity contribution in [2.45, 2.75) is 6.92 Å². The highest BCUT2D eigenvalue weighted by Crippen LogP contribution is 2.17. The van der Waals surface area contributed by atoms with Crippen LogP contribution >= 0.6 is 0 Å². The zero-order valence-corrected chi connectivity index (χ0v) is 13.9. The fourth-order valence-corrected chi connectivity index (χ4v) is 2.81. The average Bonchev–Trinajstić information content (AvgIpc) is 3.07. The number of rotatable bonds is 3. The largest absolute Gasteiger partial charge is 0.322 e. The van der Waals surface area contributed by atoms with Crippen molar-refractivity contribution in [2.24, 2.45) is 0 Å². The van der Waals surface area contributed by atoms with Crippen LogP contribution in [0.15, 0.2) is 65.8 Å². The third-order valence-corrected chi connectivity index (χ3v) is 4.07. The van der Waals surface area contributed by atoms with Gasteiger partial charge in [0.1, 0.15) is 11.6 Å². The predicted octanol–water partition coefficient (Wildman–Crippen LogP) is 2.67. The molecule has 3 heterocycles. The number of H-pyrrole nitrogens is 1. The zero-order chi connectivity index (χ0) is 18.1. The van der Waals surface area contributed by atoms with Crippen molar-refractivity contribution in [1.29, 1.82) is 0 Å². The molecular formula is C19H15N5O2. The molecule has 0 unspecified atom stereocenters. The lowest BCUT2D eigenvalue weighted by Crippen LogP contribution is -2.17. The summed E-state index contributed by atoms with van der Waals surface area (Å²) < 4.78 is 1.84. The monoisotopic (exact) mass is 345 g/mol. The second-order valence-corrected chi connectivity index (χ2v) is 5.80. The molecule has 0 aliphatic heterocycles. The number of pyridine rings is 2. The fraction of sp³-hybridized carbons (Fsp3) is 0.0526. The van der Waals surface area contributed by atoms with Gasteiger partial charge in [0, 0.05) is 29.4 Å². The number of hydrogen-bond acceptors (Lipinski definition) is 4. The number of aromatic nitrogens is 4. The third-order valence-electron chi connectivity index (χ3n) is 4.07. The van der Waals surface area contributed by atoms with Gasteiger partial charge in [0.05, 0.1) is 17.4 Å². The van der Waals surface area contributed by atoms with Crippen LogP contribution in [0.25, 0.3) is 16.7 Å². The van der Waals surface area contributed by atoms with E-state index in [9.17, 15) is 9.59 Å². The van der Waals surface area contributed by atoms with Gasteiger partial charge in [-0.05, 0) is 25.1 Å². The number of aromatic amines is 1. The lowest BCUT2D eigenvalue weighted by atomic mass is 10.1. The van der Waals surface area contributed by atoms with E-state index in [0.717, 1.165) is 5.82 Å². The molecule has 0 saturated heterocycles. The Kier molecular flexibility index (Phi) is 3.81. The molecule has 0 aliphatic carbocycles. The summed E-state index contributed by atoms with van der Waals surface area (Å²) in [6.45, 7) is 1.88. The van der Waals surface area contributed by atoms with E-state index < -0.39 is 0 Å². The van der Waals surface area contributed by atoms with Gasteiger partial charge in [0.15, 0.2) is 0 Å². The van der Waals surface area contributed by atoms with Crippen LogP contribution in [0.4, 0.5) is 5.69 Å². The van der Waals surface area contributed by atoms with Crippen molar-refractivity contribution in [3.63, 3.8) is 0 Å². The smallest absolute Gasteiger partial charge is 0.256 e. The first-order chi connectivity index (χ1) is 12.6. The minimum atomic E-state index is -0.360. The van der Waals surface area contributed by atoms with Crippen molar-refractivity contribution < 1.29 is 4.79 Å². The molecule has 4 rings (SSSR count). The van der Waals surface area contributed by atoms with Gasteiger partial charge in [-0.1, -0.05) is 18.2 Å². The summed E-state index contributed by atoms with van der Waals surface area (Å²) >= 11 is 0. The second-order valence-electron chi connectivity index (χ2n) is 5.80. The fourth-order valence-electron chi connectivity index (χ4n) is 2.81. The number of fused-ring (bicyclic) bond motifs is 1. The minimum absolute atomic E-state index is 0.318. The zero-order valence-electron chi connectivity index (χ0n) is 13.9. The van der Waals surface area contributed by atoms with Crippen LogP contribution in [0.5, 0.6) is 0 Å². The number of nitrogens with zero attached hydrogens (tertiary/aromatic N) is 3. The molecular weight excluding hydrogens is 330 g/mol. The highest BCUT2D eigenvalue weighted by atomic mass is 16.2. The summed E-state index contributed by atoms with van der Waals surface area (Å²) in [5, 5.41) is 3.47. The Balaban J connectivity index is 1.63. The normalized spacial score (nSPS) is 10.8. The molecule has 128 valence electrons. The number of amides is 1. The van der Waals surface area contributed by atoms with Crippen LogP contribution in [0.3, 0.4) is 0 Å². The average molecular weight is 345 g/mol. The predicted molar refractivity (Wildman–Crippen MR) is 98.6 cm³/mol. The number of aryl methyl sites for hydroxylation is 1. The number of benzene rings is 1. The Morgan fingerprint density at radius 1 is 1.15 bits per heavy atom. The minimum Gasteiger partial charge on any atom is -0.322 e. The lowest BCUT2D eigenvalue weighted by Gasteiger charge is -2.09. The van der Waals surface area contributed by atoms with Gasteiger partial charge in [0.2, 0.25) is 5.56 Å². The van der Waals surface area contributed by atoms with Crippen LogP contribution in [0.2, 0.25) is 0 Å². The molecule has 0 atom stereocenters. The molecule has 26 heavy (non-hydrogen) atoms. The molecule has 3 aromatic heterocycles. The summed E-state index contributed by atoms with van der Waals surface area (Å²) in [6.07, 6.45) is 5.09. The molecule has 1 aromatic carbocycles. The maximum atomic E-state index is 12.6. The molecule has 0 spiro atoms. The molecule has 7 heteroatoms. The number of hydrogen-bond donors (Lipinski definition) is 2. The molecule has 0 aliphatic rings. The van der Waals surface area contributed by atoms with Crippen LogP contribution in [-0.2, 0) is 0 Å². The molecule has 0 fully saturated rings. The SMILES string of the molecule is Cc1nccn1-c1ccc(NC(=O)c2cc(=O)[nH]c3ccccc23)cn1. The van der Waals surface area contributed by atoms with Crippen molar-refractivity contribution in [3.8, 4) is 5.82 Å². The summed E-state index contributed by atoms with van der Waals surface area (Å²) in [4.78, 5) is 35.7. The van der Waals surface area contributed by atoms with E-state index in [0.29, 0.717) is 28.0 Å². The van der Waals surface area contributed by atoms with E-state index in [1.807, 2.05) is 23.8 Å². The van der Waals surface area contributed by atoms with Crippen LogP contribution < -0.4 is 10.9 Å². The van der Waals surface area contributed by atoms with Crippen molar-refractivity contribution in [1.82, 2.24) is 19.5 Å². The summed E-state index contributed by atoms with van der Waals surface area (Å²) in [6, 6.07) is 12.0. The topological polar surface area (TPSA) is 92.7 Å². The van der Waals surface area contributed by atoms with Gasteiger partial charge in [-0.3, -0.25) is 14.2 Å². The van der Waals surface area contributed by atoms with E-state index in [-0.39, 0.29) is 11.5 Å². The van der Waals surface area contributed by atoms with Crippen molar-refractivity contribution in [3.05, 3.63) is 82.8 Å². The standard InChI is InChI=1S/C19H15N5O2/c1-12-20-8-9-24(12)17-7-6-13(11-21-17)22-19(26)15-10-18(25)23-16-5-3-2-4-14(15)16/h2-11H,1H3,(H,22,26)(H,23,25). The van der Waals surface area contributed by atoms with E-state index >= 15 is 0 Å². The number of imidazole rings is 1. The van der Waals surface area contributed by atoms with Gasteiger partial charge in [0.25, 0.3) is 5.91 Å². The molecule has 2 N–H and O–H groups in total. The number of carbonyl (C=O) groups is 1. The van der Waals surface area contributed by atoms with E-state index in [1.165, 1.54) is 6.07 Å². The highest BCUT2D eigenvalue weighted by molar-refractivity contribution is 6.12. The highest BCUT2D eigenvalue weighted by Gasteiger charge is 2.12. The van der Waals surface area contributed by atoms with E-state index in [2.05, 4.69) is 20.3 Å². The van der Waals surface area contributed by atoms with Gasteiger partial charge >= 0.3 is 0 Å². The Hall–Kier alpha value is -3.74. The van der Waals surface area contributed by atoms with Gasteiger partial charge in [-0.2, -0.15) is 0 Å². The second kappa shape index (κ2) is 6.29. The molecule has 4 aromatic rings.